The van der Waals surface area contributed by atoms with Gasteiger partial charge in [-0.2, -0.15) is 0 Å². The first-order valence-corrected chi connectivity index (χ1v) is 13.2. The van der Waals surface area contributed by atoms with Crippen LogP contribution in [-0.4, -0.2) is 24.3 Å². The number of aromatic nitrogens is 2. The highest BCUT2D eigenvalue weighted by Gasteiger charge is 2.22. The fraction of sp³-hybridized carbons (Fsp3) is 0.192. The Morgan fingerprint density at radius 1 is 0.972 bits per heavy atom. The van der Waals surface area contributed by atoms with Gasteiger partial charge in [-0.05, 0) is 66.1 Å². The third kappa shape index (κ3) is 5.61. The van der Waals surface area contributed by atoms with E-state index < -0.39 is 15.4 Å². The van der Waals surface area contributed by atoms with Crippen molar-refractivity contribution in [2.45, 2.75) is 32.6 Å². The lowest BCUT2D eigenvalue weighted by Gasteiger charge is -2.16. The summed E-state index contributed by atoms with van der Waals surface area (Å²) >= 11 is 12.1. The van der Waals surface area contributed by atoms with Gasteiger partial charge in [-0.3, -0.25) is 14.8 Å². The molecule has 0 radical (unpaired) electrons. The van der Waals surface area contributed by atoms with E-state index in [0.29, 0.717) is 11.2 Å². The Morgan fingerprint density at radius 3 is 2.44 bits per heavy atom. The van der Waals surface area contributed by atoms with Crippen molar-refractivity contribution in [1.29, 1.82) is 0 Å². The zero-order valence-corrected chi connectivity index (χ0v) is 22.4. The predicted molar refractivity (Wildman–Crippen MR) is 145 cm³/mol. The summed E-state index contributed by atoms with van der Waals surface area (Å²) in [5.74, 6) is 0.0647. The van der Waals surface area contributed by atoms with E-state index in [9.17, 15) is 13.2 Å². The van der Waals surface area contributed by atoms with E-state index in [1.165, 1.54) is 18.2 Å². The first-order chi connectivity index (χ1) is 16.8. The van der Waals surface area contributed by atoms with Gasteiger partial charge < -0.3 is 0 Å². The molecule has 0 bridgehead atoms. The molecule has 0 spiro atoms. The Balaban J connectivity index is 1.65. The number of nitrogens with zero attached hydrogens (tertiary/aromatic N) is 2. The van der Waals surface area contributed by atoms with Gasteiger partial charge in [0.25, 0.3) is 10.0 Å². The number of aryl methyl sites for hydroxylation is 1. The van der Waals surface area contributed by atoms with Crippen molar-refractivity contribution < 1.29 is 13.2 Å². The van der Waals surface area contributed by atoms with Crippen LogP contribution in [-0.2, 0) is 14.8 Å². The number of amides is 1. The number of nitrogens with one attached hydrogen (secondary N) is 2. The van der Waals surface area contributed by atoms with Gasteiger partial charge in [-0.25, -0.2) is 18.4 Å². The summed E-state index contributed by atoms with van der Waals surface area (Å²) in [4.78, 5) is 20.9. The van der Waals surface area contributed by atoms with Crippen LogP contribution < -0.4 is 10.0 Å². The molecule has 2 N–H and O–H groups in total. The summed E-state index contributed by atoms with van der Waals surface area (Å²) in [6.45, 7) is 7.38. The lowest BCUT2D eigenvalue weighted by molar-refractivity contribution is -0.123. The topological polar surface area (TPSA) is 101 Å². The molecule has 7 nitrogen and oxygen atoms in total. The maximum atomic E-state index is 13.0. The zero-order valence-electron chi connectivity index (χ0n) is 20.1. The molecule has 0 saturated heterocycles. The minimum absolute atomic E-state index is 0.0758. The van der Waals surface area contributed by atoms with E-state index in [2.05, 4.69) is 20.0 Å². The molecule has 0 saturated carbocycles. The van der Waals surface area contributed by atoms with Crippen molar-refractivity contribution >= 4 is 61.7 Å². The molecule has 0 aliphatic carbocycles. The molecule has 10 heteroatoms. The molecule has 0 aliphatic rings. The quantitative estimate of drug-likeness (QED) is 0.292. The average Bonchev–Trinajstić information content (AvgIpc) is 2.80. The van der Waals surface area contributed by atoms with Crippen molar-refractivity contribution in [1.82, 2.24) is 9.97 Å². The summed E-state index contributed by atoms with van der Waals surface area (Å²) in [7, 11) is -3.96. The largest absolute Gasteiger partial charge is 0.294 e. The Labute approximate surface area is 219 Å². The molecular formula is C26H24Cl2N4O3S. The van der Waals surface area contributed by atoms with Crippen LogP contribution in [0.3, 0.4) is 0 Å². The predicted octanol–water partition coefficient (Wildman–Crippen LogP) is 6.70. The number of hydrogen-bond acceptors (Lipinski definition) is 5. The first kappa shape index (κ1) is 25.9. The van der Waals surface area contributed by atoms with E-state index in [4.69, 9.17) is 23.2 Å². The van der Waals surface area contributed by atoms with Crippen LogP contribution >= 0.6 is 23.2 Å². The number of carbonyl (C=O) groups excluding carboxylic acids is 1. The first-order valence-electron chi connectivity index (χ1n) is 11.0. The second-order valence-corrected chi connectivity index (χ2v) is 11.9. The third-order valence-electron chi connectivity index (χ3n) is 5.47. The Hall–Kier alpha value is -3.20. The number of benzene rings is 3. The normalized spacial score (nSPS) is 11.9. The van der Waals surface area contributed by atoms with Crippen LogP contribution in [0.5, 0.6) is 0 Å². The molecule has 1 heterocycles. The summed E-state index contributed by atoms with van der Waals surface area (Å²) in [5.41, 5.74) is 3.13. The highest BCUT2D eigenvalue weighted by Crippen LogP contribution is 2.31. The van der Waals surface area contributed by atoms with E-state index in [-0.39, 0.29) is 26.8 Å². The Bertz CT molecular complexity index is 1600. The van der Waals surface area contributed by atoms with Crippen molar-refractivity contribution in [3.8, 4) is 11.1 Å². The van der Waals surface area contributed by atoms with Gasteiger partial charge in [0.15, 0.2) is 0 Å². The van der Waals surface area contributed by atoms with E-state index in [1.807, 2.05) is 52.0 Å². The molecule has 1 amide bonds. The average molecular weight is 543 g/mol. The summed E-state index contributed by atoms with van der Waals surface area (Å²) < 4.78 is 28.5. The monoisotopic (exact) mass is 542 g/mol. The molecule has 0 atom stereocenters. The van der Waals surface area contributed by atoms with Gasteiger partial charge in [0.1, 0.15) is 4.90 Å². The highest BCUT2D eigenvalue weighted by molar-refractivity contribution is 7.92. The molecule has 186 valence electrons. The van der Waals surface area contributed by atoms with Gasteiger partial charge in [0.2, 0.25) is 11.9 Å². The maximum Gasteiger partial charge on any atom is 0.263 e. The number of hydrogen-bond donors (Lipinski definition) is 2. The number of sulfonamides is 1. The van der Waals surface area contributed by atoms with Crippen LogP contribution in [0.4, 0.5) is 11.6 Å². The zero-order chi connectivity index (χ0) is 26.3. The standard InChI is InChI=1S/C26H24Cl2N4O3S/c1-15-5-8-19(32-36(34,35)23-12-18(27)7-9-21(23)28)13-20(15)16-6-10-22-17(11-16)14-29-25(30-22)31-24(33)26(2,3)4/h5-14,32H,1-4H3,(H,29,30,31,33). The van der Waals surface area contributed by atoms with Crippen LogP contribution in [0.2, 0.25) is 10.0 Å². The summed E-state index contributed by atoms with van der Waals surface area (Å²) in [5, 5.41) is 3.85. The Morgan fingerprint density at radius 2 is 1.72 bits per heavy atom. The minimum Gasteiger partial charge on any atom is -0.294 e. The third-order valence-corrected chi connectivity index (χ3v) is 7.57. The van der Waals surface area contributed by atoms with Gasteiger partial charge in [-0.15, -0.1) is 0 Å². The van der Waals surface area contributed by atoms with Crippen LogP contribution in [0.25, 0.3) is 22.0 Å². The minimum atomic E-state index is -3.96. The molecule has 4 aromatic rings. The van der Waals surface area contributed by atoms with Crippen LogP contribution in [0.1, 0.15) is 26.3 Å². The molecule has 1 aromatic heterocycles. The summed E-state index contributed by atoms with van der Waals surface area (Å²) in [6, 6.07) is 15.2. The van der Waals surface area contributed by atoms with Gasteiger partial charge in [0, 0.05) is 27.7 Å². The second-order valence-electron chi connectivity index (χ2n) is 9.38. The molecule has 0 unspecified atom stereocenters. The second kappa shape index (κ2) is 9.69. The van der Waals surface area contributed by atoms with Crippen molar-refractivity contribution in [2.75, 3.05) is 10.0 Å². The van der Waals surface area contributed by atoms with Crippen LogP contribution in [0.15, 0.2) is 65.7 Å². The SMILES string of the molecule is Cc1ccc(NS(=O)(=O)c2cc(Cl)ccc2Cl)cc1-c1ccc2nc(NC(=O)C(C)(C)C)ncc2c1. The molecule has 36 heavy (non-hydrogen) atoms. The molecular weight excluding hydrogens is 519 g/mol. The lowest BCUT2D eigenvalue weighted by atomic mass is 9.96. The van der Waals surface area contributed by atoms with E-state index >= 15 is 0 Å². The van der Waals surface area contributed by atoms with Crippen LogP contribution in [0, 0.1) is 12.3 Å². The number of halogens is 2. The van der Waals surface area contributed by atoms with E-state index in [0.717, 1.165) is 22.1 Å². The molecule has 0 aliphatic heterocycles. The lowest BCUT2D eigenvalue weighted by Crippen LogP contribution is -2.28. The van der Waals surface area contributed by atoms with Gasteiger partial charge in [0.05, 0.1) is 10.5 Å². The van der Waals surface area contributed by atoms with Gasteiger partial charge in [-0.1, -0.05) is 56.1 Å². The number of fused-ring (bicyclic) bond motifs is 1. The molecule has 0 fully saturated rings. The Kier molecular flexibility index (Phi) is 6.96. The van der Waals surface area contributed by atoms with Crippen molar-refractivity contribution in [3.05, 3.63) is 76.4 Å². The maximum absolute atomic E-state index is 13.0. The van der Waals surface area contributed by atoms with Crippen molar-refractivity contribution in [3.63, 3.8) is 0 Å². The number of carbonyl (C=O) groups is 1. The molecule has 3 aromatic carbocycles. The summed E-state index contributed by atoms with van der Waals surface area (Å²) in [6.07, 6.45) is 1.65. The van der Waals surface area contributed by atoms with Gasteiger partial charge >= 0.3 is 0 Å². The molecule has 4 rings (SSSR count). The smallest absolute Gasteiger partial charge is 0.263 e. The number of rotatable bonds is 5. The fourth-order valence-corrected chi connectivity index (χ4v) is 5.25. The van der Waals surface area contributed by atoms with E-state index in [1.54, 1.807) is 18.3 Å². The van der Waals surface area contributed by atoms with Crippen molar-refractivity contribution in [2.24, 2.45) is 5.41 Å². The fourth-order valence-electron chi connectivity index (χ4n) is 3.44. The number of anilines is 2. The highest BCUT2D eigenvalue weighted by atomic mass is 35.5.